The van der Waals surface area contributed by atoms with Gasteiger partial charge in [-0.05, 0) is 6.92 Å². The van der Waals surface area contributed by atoms with Gasteiger partial charge in [-0.15, -0.1) is 0 Å². The highest BCUT2D eigenvalue weighted by atomic mass is 16.6. The van der Waals surface area contributed by atoms with Gasteiger partial charge in [-0.3, -0.25) is 19.1 Å². The van der Waals surface area contributed by atoms with Gasteiger partial charge in [0.05, 0.1) is 12.5 Å². The number of aliphatic hydroxyl groups is 1. The third-order valence-corrected chi connectivity index (χ3v) is 3.56. The van der Waals surface area contributed by atoms with Crippen molar-refractivity contribution in [1.82, 2.24) is 9.55 Å². The average molecular weight is 312 g/mol. The Labute approximate surface area is 126 Å². The second kappa shape index (κ2) is 6.45. The van der Waals surface area contributed by atoms with E-state index in [0.717, 1.165) is 0 Å². The van der Waals surface area contributed by atoms with Crippen molar-refractivity contribution in [3.8, 4) is 0 Å². The summed E-state index contributed by atoms with van der Waals surface area (Å²) in [5.41, 5.74) is -0.694. The Morgan fingerprint density at radius 2 is 2.23 bits per heavy atom. The number of H-pyrrole nitrogens is 1. The van der Waals surface area contributed by atoms with Gasteiger partial charge in [0.1, 0.15) is 18.4 Å². The van der Waals surface area contributed by atoms with Crippen molar-refractivity contribution in [2.75, 3.05) is 6.61 Å². The van der Waals surface area contributed by atoms with Gasteiger partial charge in [0.25, 0.3) is 5.56 Å². The standard InChI is InChI=1S/C14H20N2O6/c1-7(2)13(19)22-9-4-11(21-10(9)6-17)16-5-8(3)12(18)15-14(16)20/h5,7,9-11,17H,4,6H2,1-3H3,(H,15,18,20)/t9-,10-,11-/m0/s1. The maximum atomic E-state index is 11.9. The van der Waals surface area contributed by atoms with Crippen molar-refractivity contribution < 1.29 is 19.4 Å². The van der Waals surface area contributed by atoms with E-state index in [9.17, 15) is 19.5 Å². The summed E-state index contributed by atoms with van der Waals surface area (Å²) in [7, 11) is 0. The van der Waals surface area contributed by atoms with Crippen molar-refractivity contribution in [2.45, 2.75) is 45.6 Å². The number of nitrogens with zero attached hydrogens (tertiary/aromatic N) is 1. The van der Waals surface area contributed by atoms with E-state index in [0.29, 0.717) is 5.56 Å². The first kappa shape index (κ1) is 16.4. The van der Waals surface area contributed by atoms with Crippen LogP contribution in [0.4, 0.5) is 0 Å². The molecule has 0 aromatic carbocycles. The summed E-state index contributed by atoms with van der Waals surface area (Å²) in [6.07, 6.45) is -0.414. The molecule has 0 aliphatic carbocycles. The summed E-state index contributed by atoms with van der Waals surface area (Å²) >= 11 is 0. The van der Waals surface area contributed by atoms with E-state index in [1.54, 1.807) is 20.8 Å². The molecule has 22 heavy (non-hydrogen) atoms. The third-order valence-electron chi connectivity index (χ3n) is 3.56. The monoisotopic (exact) mass is 312 g/mol. The van der Waals surface area contributed by atoms with Gasteiger partial charge < -0.3 is 14.6 Å². The number of hydrogen-bond acceptors (Lipinski definition) is 6. The maximum Gasteiger partial charge on any atom is 0.330 e. The largest absolute Gasteiger partial charge is 0.459 e. The highest BCUT2D eigenvalue weighted by Gasteiger charge is 2.39. The lowest BCUT2D eigenvalue weighted by Gasteiger charge is -2.17. The zero-order chi connectivity index (χ0) is 16.4. The normalized spacial score (nSPS) is 24.7. The highest BCUT2D eigenvalue weighted by molar-refractivity contribution is 5.71. The SMILES string of the molecule is Cc1cn([C@@H]2C[C@H](OC(=O)C(C)C)[C@H](CO)O2)c(=O)[nH]c1=O. The third kappa shape index (κ3) is 3.28. The number of aromatic nitrogens is 2. The van der Waals surface area contributed by atoms with Gasteiger partial charge in [0, 0.05) is 18.2 Å². The molecule has 0 amide bonds. The van der Waals surface area contributed by atoms with Gasteiger partial charge in [0.2, 0.25) is 0 Å². The smallest absolute Gasteiger partial charge is 0.330 e. The molecule has 2 N–H and O–H groups in total. The Morgan fingerprint density at radius 3 is 2.82 bits per heavy atom. The average Bonchev–Trinajstić information content (AvgIpc) is 2.85. The number of carbonyl (C=O) groups excluding carboxylic acids is 1. The van der Waals surface area contributed by atoms with Crippen molar-refractivity contribution in [3.63, 3.8) is 0 Å². The molecule has 0 saturated carbocycles. The molecular formula is C14H20N2O6. The van der Waals surface area contributed by atoms with Crippen LogP contribution in [0.2, 0.25) is 0 Å². The maximum absolute atomic E-state index is 11.9. The molecule has 1 saturated heterocycles. The van der Waals surface area contributed by atoms with Crippen molar-refractivity contribution in [2.24, 2.45) is 5.92 Å². The predicted molar refractivity (Wildman–Crippen MR) is 76.4 cm³/mol. The molecule has 3 atom stereocenters. The topological polar surface area (TPSA) is 111 Å². The van der Waals surface area contributed by atoms with Crippen LogP contribution in [0.3, 0.4) is 0 Å². The summed E-state index contributed by atoms with van der Waals surface area (Å²) in [6, 6.07) is 0. The van der Waals surface area contributed by atoms with E-state index in [-0.39, 0.29) is 18.9 Å². The molecule has 122 valence electrons. The molecule has 1 fully saturated rings. The van der Waals surface area contributed by atoms with Gasteiger partial charge in [-0.25, -0.2) is 4.79 Å². The van der Waals surface area contributed by atoms with Gasteiger partial charge in [-0.1, -0.05) is 13.8 Å². The molecule has 2 heterocycles. The Kier molecular flexibility index (Phi) is 4.82. The van der Waals surface area contributed by atoms with E-state index in [4.69, 9.17) is 9.47 Å². The van der Waals surface area contributed by atoms with Crippen molar-refractivity contribution in [3.05, 3.63) is 32.6 Å². The molecule has 1 aromatic heterocycles. The molecule has 1 aliphatic rings. The lowest BCUT2D eigenvalue weighted by atomic mass is 10.1. The Hall–Kier alpha value is -1.93. The van der Waals surface area contributed by atoms with E-state index in [1.165, 1.54) is 10.8 Å². The first-order valence-electron chi connectivity index (χ1n) is 7.12. The number of carbonyl (C=O) groups is 1. The number of aryl methyl sites for hydroxylation is 1. The first-order chi connectivity index (χ1) is 10.3. The number of ether oxygens (including phenoxy) is 2. The fourth-order valence-corrected chi connectivity index (χ4v) is 2.24. The van der Waals surface area contributed by atoms with Crippen LogP contribution in [0, 0.1) is 12.8 Å². The van der Waals surface area contributed by atoms with Gasteiger partial charge in [0.15, 0.2) is 0 Å². The zero-order valence-electron chi connectivity index (χ0n) is 12.7. The van der Waals surface area contributed by atoms with E-state index < -0.39 is 35.7 Å². The molecular weight excluding hydrogens is 292 g/mol. The Morgan fingerprint density at radius 1 is 1.55 bits per heavy atom. The summed E-state index contributed by atoms with van der Waals surface area (Å²) in [4.78, 5) is 37.1. The molecule has 2 rings (SSSR count). The quantitative estimate of drug-likeness (QED) is 0.738. The molecule has 0 bridgehead atoms. The summed E-state index contributed by atoms with van der Waals surface area (Å²) < 4.78 is 12.1. The van der Waals surface area contributed by atoms with Crippen LogP contribution in [0.1, 0.15) is 32.1 Å². The second-order valence-electron chi connectivity index (χ2n) is 5.66. The van der Waals surface area contributed by atoms with E-state index >= 15 is 0 Å². The van der Waals surface area contributed by atoms with Gasteiger partial charge >= 0.3 is 11.7 Å². The molecule has 8 heteroatoms. The molecule has 0 spiro atoms. The Bertz CT molecular complexity index is 662. The number of esters is 1. The van der Waals surface area contributed by atoms with Crippen LogP contribution >= 0.6 is 0 Å². The molecule has 0 radical (unpaired) electrons. The minimum Gasteiger partial charge on any atom is -0.459 e. The summed E-state index contributed by atoms with van der Waals surface area (Å²) in [5, 5.41) is 9.36. The number of nitrogens with one attached hydrogen (secondary N) is 1. The van der Waals surface area contributed by atoms with Crippen LogP contribution in [0.5, 0.6) is 0 Å². The minimum absolute atomic E-state index is 0.231. The van der Waals surface area contributed by atoms with Crippen LogP contribution in [0.15, 0.2) is 15.8 Å². The van der Waals surface area contributed by atoms with Crippen molar-refractivity contribution in [1.29, 1.82) is 0 Å². The number of aromatic amines is 1. The Balaban J connectivity index is 2.22. The number of hydrogen-bond donors (Lipinski definition) is 2. The molecule has 8 nitrogen and oxygen atoms in total. The lowest BCUT2D eigenvalue weighted by Crippen LogP contribution is -2.33. The van der Waals surface area contributed by atoms with Crippen molar-refractivity contribution >= 4 is 5.97 Å². The molecule has 1 aromatic rings. The summed E-state index contributed by atoms with van der Waals surface area (Å²) in [6.45, 7) is 4.66. The molecule has 1 aliphatic heterocycles. The van der Waals surface area contributed by atoms with Crippen LogP contribution < -0.4 is 11.2 Å². The zero-order valence-corrected chi connectivity index (χ0v) is 12.7. The lowest BCUT2D eigenvalue weighted by molar-refractivity contribution is -0.156. The highest BCUT2D eigenvalue weighted by Crippen LogP contribution is 2.30. The molecule has 0 unspecified atom stereocenters. The number of aliphatic hydroxyl groups excluding tert-OH is 1. The van der Waals surface area contributed by atoms with Gasteiger partial charge in [-0.2, -0.15) is 0 Å². The van der Waals surface area contributed by atoms with E-state index in [2.05, 4.69) is 4.98 Å². The van der Waals surface area contributed by atoms with E-state index in [1.807, 2.05) is 0 Å². The number of rotatable bonds is 4. The predicted octanol–water partition coefficient (Wildman–Crippen LogP) is -0.307. The van der Waals surface area contributed by atoms with Crippen LogP contribution in [-0.4, -0.2) is 39.4 Å². The fraction of sp³-hybridized carbons (Fsp3) is 0.643. The summed E-state index contributed by atoms with van der Waals surface area (Å²) in [5.74, 6) is -0.686. The van der Waals surface area contributed by atoms with Crippen LogP contribution in [0.25, 0.3) is 0 Å². The minimum atomic E-state index is -0.704. The van der Waals surface area contributed by atoms with Crippen LogP contribution in [-0.2, 0) is 14.3 Å². The fourth-order valence-electron chi connectivity index (χ4n) is 2.24. The first-order valence-corrected chi connectivity index (χ1v) is 7.12. The second-order valence-corrected chi connectivity index (χ2v) is 5.66.